The van der Waals surface area contributed by atoms with Gasteiger partial charge in [-0.2, -0.15) is 0 Å². The molecule has 1 nitrogen and oxygen atoms in total. The van der Waals surface area contributed by atoms with Crippen LogP contribution in [0, 0.1) is 5.82 Å². The van der Waals surface area contributed by atoms with Crippen LogP contribution in [0.5, 0.6) is 0 Å². The summed E-state index contributed by atoms with van der Waals surface area (Å²) in [7, 11) is 0. The summed E-state index contributed by atoms with van der Waals surface area (Å²) in [4.78, 5) is 3.86. The van der Waals surface area contributed by atoms with Crippen molar-refractivity contribution in [3.8, 4) is 0 Å². The molecule has 4 heteroatoms. The van der Waals surface area contributed by atoms with Crippen molar-refractivity contribution >= 4 is 42.6 Å². The molecule has 0 saturated heterocycles. The SMILES string of the molecule is Fc1cnc(Br)c2ccc(Br)cc12. The molecular formula is C9H4Br2FN. The van der Waals surface area contributed by atoms with E-state index in [0.29, 0.717) is 9.99 Å². The largest absolute Gasteiger partial charge is 0.246 e. The first-order chi connectivity index (χ1) is 6.18. The van der Waals surface area contributed by atoms with Crippen LogP contribution < -0.4 is 0 Å². The van der Waals surface area contributed by atoms with Crippen LogP contribution in [0.25, 0.3) is 10.8 Å². The first-order valence-corrected chi connectivity index (χ1v) is 5.16. The lowest BCUT2D eigenvalue weighted by Crippen LogP contribution is -1.84. The number of fused-ring (bicyclic) bond motifs is 1. The van der Waals surface area contributed by atoms with E-state index in [1.807, 2.05) is 12.1 Å². The van der Waals surface area contributed by atoms with Crippen LogP contribution >= 0.6 is 31.9 Å². The normalized spacial score (nSPS) is 10.7. The van der Waals surface area contributed by atoms with Gasteiger partial charge in [0.2, 0.25) is 0 Å². The maximum Gasteiger partial charge on any atom is 0.149 e. The smallest absolute Gasteiger partial charge is 0.149 e. The lowest BCUT2D eigenvalue weighted by molar-refractivity contribution is 0.633. The van der Waals surface area contributed by atoms with Crippen LogP contribution in [-0.2, 0) is 0 Å². The molecule has 0 fully saturated rings. The zero-order valence-electron chi connectivity index (χ0n) is 6.39. The van der Waals surface area contributed by atoms with Crippen molar-refractivity contribution in [3.63, 3.8) is 0 Å². The summed E-state index contributed by atoms with van der Waals surface area (Å²) < 4.78 is 14.8. The number of halogens is 3. The summed E-state index contributed by atoms with van der Waals surface area (Å²) in [5, 5.41) is 1.35. The average molecular weight is 305 g/mol. The van der Waals surface area contributed by atoms with Crippen molar-refractivity contribution in [2.24, 2.45) is 0 Å². The van der Waals surface area contributed by atoms with Crippen molar-refractivity contribution in [2.75, 3.05) is 0 Å². The summed E-state index contributed by atoms with van der Waals surface area (Å²) in [6.45, 7) is 0. The molecule has 0 aliphatic rings. The van der Waals surface area contributed by atoms with Gasteiger partial charge in [-0.25, -0.2) is 9.37 Å². The minimum atomic E-state index is -0.306. The van der Waals surface area contributed by atoms with Gasteiger partial charge in [0, 0.05) is 15.2 Å². The standard InChI is InChI=1S/C9H4Br2FN/c10-5-1-2-6-7(3-5)8(12)4-13-9(6)11/h1-4H. The Kier molecular flexibility index (Phi) is 2.34. The molecule has 1 heterocycles. The Balaban J connectivity index is 2.92. The van der Waals surface area contributed by atoms with Crippen molar-refractivity contribution < 1.29 is 4.39 Å². The zero-order chi connectivity index (χ0) is 9.42. The highest BCUT2D eigenvalue weighted by Gasteiger charge is 2.04. The van der Waals surface area contributed by atoms with Crippen LogP contribution in [0.4, 0.5) is 4.39 Å². The maximum absolute atomic E-state index is 13.2. The third-order valence-corrected chi connectivity index (χ3v) is 2.88. The zero-order valence-corrected chi connectivity index (χ0v) is 9.56. The van der Waals surface area contributed by atoms with E-state index in [1.54, 1.807) is 6.07 Å². The lowest BCUT2D eigenvalue weighted by atomic mass is 10.2. The molecule has 1 aromatic carbocycles. The van der Waals surface area contributed by atoms with E-state index in [0.717, 1.165) is 9.86 Å². The highest BCUT2D eigenvalue weighted by molar-refractivity contribution is 9.10. The van der Waals surface area contributed by atoms with E-state index in [4.69, 9.17) is 0 Å². The second-order valence-corrected chi connectivity index (χ2v) is 4.25. The molecule has 2 aromatic rings. The third kappa shape index (κ3) is 1.60. The predicted molar refractivity (Wildman–Crippen MR) is 57.1 cm³/mol. The van der Waals surface area contributed by atoms with Crippen LogP contribution in [0.1, 0.15) is 0 Å². The van der Waals surface area contributed by atoms with Crippen molar-refractivity contribution in [1.29, 1.82) is 0 Å². The highest BCUT2D eigenvalue weighted by Crippen LogP contribution is 2.26. The molecule has 0 spiro atoms. The Morgan fingerprint density at radius 2 is 1.92 bits per heavy atom. The van der Waals surface area contributed by atoms with Gasteiger partial charge in [-0.05, 0) is 28.1 Å². The Labute approximate surface area is 91.2 Å². The molecule has 0 radical (unpaired) electrons. The fourth-order valence-corrected chi connectivity index (χ4v) is 1.96. The van der Waals surface area contributed by atoms with E-state index in [-0.39, 0.29) is 5.82 Å². The molecule has 66 valence electrons. The molecule has 0 saturated carbocycles. The van der Waals surface area contributed by atoms with Crippen LogP contribution in [-0.4, -0.2) is 4.98 Å². The molecule has 2 rings (SSSR count). The minimum Gasteiger partial charge on any atom is -0.246 e. The number of nitrogens with zero attached hydrogens (tertiary/aromatic N) is 1. The maximum atomic E-state index is 13.2. The van der Waals surface area contributed by atoms with Gasteiger partial charge in [0.25, 0.3) is 0 Å². The quantitative estimate of drug-likeness (QED) is 0.673. The van der Waals surface area contributed by atoms with Crippen molar-refractivity contribution in [3.05, 3.63) is 39.3 Å². The van der Waals surface area contributed by atoms with Gasteiger partial charge >= 0.3 is 0 Å². The first kappa shape index (κ1) is 9.09. The Bertz CT molecular complexity index is 470. The summed E-state index contributed by atoms with van der Waals surface area (Å²) in [6, 6.07) is 5.41. The van der Waals surface area contributed by atoms with Crippen molar-refractivity contribution in [1.82, 2.24) is 4.98 Å². The molecule has 1 aromatic heterocycles. The van der Waals surface area contributed by atoms with Gasteiger partial charge in [0.15, 0.2) is 0 Å². The third-order valence-electron chi connectivity index (χ3n) is 1.75. The molecule has 13 heavy (non-hydrogen) atoms. The van der Waals surface area contributed by atoms with E-state index in [9.17, 15) is 4.39 Å². The van der Waals surface area contributed by atoms with Gasteiger partial charge in [-0.3, -0.25) is 0 Å². The number of pyridine rings is 1. The second-order valence-electron chi connectivity index (χ2n) is 2.59. The number of rotatable bonds is 0. The highest BCUT2D eigenvalue weighted by atomic mass is 79.9. The Morgan fingerprint density at radius 3 is 2.69 bits per heavy atom. The Hall–Kier alpha value is -0.480. The summed E-state index contributed by atoms with van der Waals surface area (Å²) in [6.07, 6.45) is 1.21. The van der Waals surface area contributed by atoms with Gasteiger partial charge in [0.1, 0.15) is 10.4 Å². The summed E-state index contributed by atoms with van der Waals surface area (Å²) in [5.41, 5.74) is 0. The number of hydrogen-bond donors (Lipinski definition) is 0. The summed E-state index contributed by atoms with van der Waals surface area (Å²) >= 11 is 6.55. The van der Waals surface area contributed by atoms with Crippen LogP contribution in [0.2, 0.25) is 0 Å². The molecule has 0 amide bonds. The average Bonchev–Trinajstić information content (AvgIpc) is 2.12. The number of benzene rings is 1. The fourth-order valence-electron chi connectivity index (χ4n) is 1.15. The van der Waals surface area contributed by atoms with E-state index in [2.05, 4.69) is 36.8 Å². The second kappa shape index (κ2) is 3.35. The predicted octanol–water partition coefficient (Wildman–Crippen LogP) is 3.90. The van der Waals surface area contributed by atoms with Crippen LogP contribution in [0.15, 0.2) is 33.5 Å². The fraction of sp³-hybridized carbons (Fsp3) is 0. The number of hydrogen-bond acceptors (Lipinski definition) is 1. The Morgan fingerprint density at radius 1 is 1.15 bits per heavy atom. The monoisotopic (exact) mass is 303 g/mol. The van der Waals surface area contributed by atoms with Gasteiger partial charge in [-0.1, -0.05) is 22.0 Å². The molecular weight excluding hydrogens is 301 g/mol. The van der Waals surface area contributed by atoms with E-state index >= 15 is 0 Å². The molecule has 0 atom stereocenters. The molecule has 0 bridgehead atoms. The molecule has 0 unspecified atom stereocenters. The van der Waals surface area contributed by atoms with Gasteiger partial charge in [-0.15, -0.1) is 0 Å². The van der Waals surface area contributed by atoms with Gasteiger partial charge < -0.3 is 0 Å². The topological polar surface area (TPSA) is 12.9 Å². The lowest BCUT2D eigenvalue weighted by Gasteiger charge is -2.01. The van der Waals surface area contributed by atoms with Crippen LogP contribution in [0.3, 0.4) is 0 Å². The van der Waals surface area contributed by atoms with Crippen molar-refractivity contribution in [2.45, 2.75) is 0 Å². The molecule has 0 aliphatic carbocycles. The molecule has 0 N–H and O–H groups in total. The summed E-state index contributed by atoms with van der Waals surface area (Å²) in [5.74, 6) is -0.306. The minimum absolute atomic E-state index is 0.306. The van der Waals surface area contributed by atoms with Gasteiger partial charge in [0.05, 0.1) is 6.20 Å². The molecule has 0 aliphatic heterocycles. The van der Waals surface area contributed by atoms with E-state index in [1.165, 1.54) is 6.20 Å². The number of aromatic nitrogens is 1. The first-order valence-electron chi connectivity index (χ1n) is 3.58. The van der Waals surface area contributed by atoms with E-state index < -0.39 is 0 Å².